The van der Waals surface area contributed by atoms with E-state index in [1.54, 1.807) is 29.8 Å². The maximum atomic E-state index is 13.1. The van der Waals surface area contributed by atoms with E-state index in [0.717, 1.165) is 16.7 Å². The van der Waals surface area contributed by atoms with E-state index in [9.17, 15) is 14.4 Å². The number of carbonyl (C=O) groups is 3. The highest BCUT2D eigenvalue weighted by molar-refractivity contribution is 7.13. The first-order valence-electron chi connectivity index (χ1n) is 12.3. The van der Waals surface area contributed by atoms with E-state index in [4.69, 9.17) is 11.6 Å². The Morgan fingerprint density at radius 3 is 2.56 bits per heavy atom. The largest absolute Gasteiger partial charge is 0.337 e. The molecular weight excluding hydrogens is 534 g/mol. The molecule has 3 N–H and O–H groups in total. The Labute approximate surface area is 232 Å². The van der Waals surface area contributed by atoms with Crippen LogP contribution in [-0.2, 0) is 16.0 Å². The van der Waals surface area contributed by atoms with Gasteiger partial charge in [0.2, 0.25) is 11.8 Å². The fourth-order valence-corrected chi connectivity index (χ4v) is 5.65. The van der Waals surface area contributed by atoms with Crippen LogP contribution in [0.4, 0.5) is 5.13 Å². The molecule has 2 aliphatic rings. The highest BCUT2D eigenvalue weighted by atomic mass is 35.5. The van der Waals surface area contributed by atoms with E-state index < -0.39 is 11.3 Å². The van der Waals surface area contributed by atoms with Crippen LogP contribution < -0.4 is 10.6 Å². The first-order valence-corrected chi connectivity index (χ1v) is 13.6. The summed E-state index contributed by atoms with van der Waals surface area (Å²) in [7, 11) is 0. The fraction of sp³-hybridized carbons (Fsp3) is 0.138. The molecule has 2 aromatic heterocycles. The summed E-state index contributed by atoms with van der Waals surface area (Å²) in [6, 6.07) is 15.0. The Balaban J connectivity index is 1.25. The van der Waals surface area contributed by atoms with Crippen LogP contribution in [0.15, 0.2) is 84.4 Å². The predicted octanol–water partition coefficient (Wildman–Crippen LogP) is 5.42. The lowest BCUT2D eigenvalue weighted by Gasteiger charge is -2.28. The standard InChI is InChI=1S/C29H22ClN5O3S/c30-20-10-8-18(9-11-20)22-23(26(37)35-28-31-15-16-39-28)33-24(32-22)19-6-4-17(5-7-19)12-14-29-13-2-1-3-21(29)25(36)34-27(29)38/h1-11,13,15-16,21H,12,14H2,(H,32,33)(H,31,35,37)(H,34,36,38). The number of rotatable bonds is 7. The molecule has 0 spiro atoms. The number of carbonyl (C=O) groups excluding carboxylic acids is 3. The smallest absolute Gasteiger partial charge is 0.278 e. The summed E-state index contributed by atoms with van der Waals surface area (Å²) < 4.78 is 0. The number of fused-ring (bicyclic) bond motifs is 1. The number of nitrogens with one attached hydrogen (secondary N) is 3. The number of halogens is 1. The molecule has 1 fully saturated rings. The number of aryl methyl sites for hydroxylation is 1. The van der Waals surface area contributed by atoms with Crippen molar-refractivity contribution in [2.45, 2.75) is 12.8 Å². The average Bonchev–Trinajstić information content (AvgIpc) is 3.68. The van der Waals surface area contributed by atoms with Gasteiger partial charge in [-0.15, -0.1) is 11.3 Å². The molecule has 2 aromatic carbocycles. The number of hydrogen-bond donors (Lipinski definition) is 3. The molecule has 194 valence electrons. The van der Waals surface area contributed by atoms with Crippen molar-refractivity contribution in [3.05, 3.63) is 101 Å². The number of amides is 3. The second-order valence-corrected chi connectivity index (χ2v) is 10.7. The lowest BCUT2D eigenvalue weighted by molar-refractivity contribution is -0.127. The van der Waals surface area contributed by atoms with Crippen LogP contribution in [-0.4, -0.2) is 32.7 Å². The van der Waals surface area contributed by atoms with E-state index in [1.165, 1.54) is 11.3 Å². The number of benzene rings is 2. The molecular formula is C29H22ClN5O3S. The van der Waals surface area contributed by atoms with E-state index >= 15 is 0 Å². The highest BCUT2D eigenvalue weighted by Gasteiger charge is 2.52. The number of aromatic nitrogens is 3. The summed E-state index contributed by atoms with van der Waals surface area (Å²) in [5.41, 5.74) is 2.55. The van der Waals surface area contributed by atoms with Crippen LogP contribution in [0.25, 0.3) is 22.6 Å². The van der Waals surface area contributed by atoms with Gasteiger partial charge in [-0.25, -0.2) is 9.97 Å². The number of thiazole rings is 1. The van der Waals surface area contributed by atoms with Crippen molar-refractivity contribution in [3.63, 3.8) is 0 Å². The maximum absolute atomic E-state index is 13.1. The van der Waals surface area contributed by atoms with Crippen molar-refractivity contribution in [1.29, 1.82) is 0 Å². The third-order valence-corrected chi connectivity index (χ3v) is 8.01. The number of allylic oxidation sites excluding steroid dienone is 2. The van der Waals surface area contributed by atoms with Gasteiger partial charge in [0.15, 0.2) is 10.8 Å². The first kappa shape index (κ1) is 25.0. The van der Waals surface area contributed by atoms with Crippen molar-refractivity contribution in [2.24, 2.45) is 11.3 Å². The quantitative estimate of drug-likeness (QED) is 0.263. The molecule has 39 heavy (non-hydrogen) atoms. The van der Waals surface area contributed by atoms with Crippen LogP contribution in [0.5, 0.6) is 0 Å². The minimum Gasteiger partial charge on any atom is -0.337 e. The van der Waals surface area contributed by atoms with Crippen LogP contribution in [0.1, 0.15) is 22.5 Å². The maximum Gasteiger partial charge on any atom is 0.278 e. The van der Waals surface area contributed by atoms with Crippen molar-refractivity contribution >= 4 is 45.8 Å². The van der Waals surface area contributed by atoms with Crippen LogP contribution in [0.2, 0.25) is 5.02 Å². The van der Waals surface area contributed by atoms with Gasteiger partial charge in [-0.05, 0) is 30.5 Å². The Morgan fingerprint density at radius 2 is 1.82 bits per heavy atom. The van der Waals surface area contributed by atoms with E-state index in [1.807, 2.05) is 54.6 Å². The van der Waals surface area contributed by atoms with Gasteiger partial charge < -0.3 is 4.98 Å². The molecule has 2 atom stereocenters. The number of imidazole rings is 1. The summed E-state index contributed by atoms with van der Waals surface area (Å²) >= 11 is 7.40. The Hall–Kier alpha value is -4.34. The Morgan fingerprint density at radius 1 is 1.05 bits per heavy atom. The van der Waals surface area contributed by atoms with Crippen molar-refractivity contribution < 1.29 is 14.4 Å². The molecule has 4 aromatic rings. The van der Waals surface area contributed by atoms with Gasteiger partial charge in [0.1, 0.15) is 5.82 Å². The molecule has 10 heteroatoms. The zero-order valence-corrected chi connectivity index (χ0v) is 22.1. The molecule has 1 aliphatic heterocycles. The Bertz CT molecular complexity index is 1620. The second kappa shape index (κ2) is 10.1. The van der Waals surface area contributed by atoms with Gasteiger partial charge in [-0.2, -0.15) is 0 Å². The molecule has 0 saturated carbocycles. The molecule has 6 rings (SSSR count). The number of imide groups is 1. The zero-order chi connectivity index (χ0) is 27.0. The number of H-pyrrole nitrogens is 1. The molecule has 8 nitrogen and oxygen atoms in total. The predicted molar refractivity (Wildman–Crippen MR) is 150 cm³/mol. The zero-order valence-electron chi connectivity index (χ0n) is 20.5. The van der Waals surface area contributed by atoms with Crippen LogP contribution in [0, 0.1) is 11.3 Å². The second-order valence-electron chi connectivity index (χ2n) is 9.38. The normalized spacial score (nSPS) is 19.7. The van der Waals surface area contributed by atoms with Gasteiger partial charge >= 0.3 is 0 Å². The molecule has 2 unspecified atom stereocenters. The summed E-state index contributed by atoms with van der Waals surface area (Å²) in [6.45, 7) is 0. The third kappa shape index (κ3) is 4.71. The molecule has 3 amide bonds. The van der Waals surface area contributed by atoms with Crippen LogP contribution in [0.3, 0.4) is 0 Å². The lowest BCUT2D eigenvalue weighted by atomic mass is 9.71. The molecule has 1 aliphatic carbocycles. The van der Waals surface area contributed by atoms with Crippen molar-refractivity contribution in [1.82, 2.24) is 20.3 Å². The molecule has 1 saturated heterocycles. The van der Waals surface area contributed by atoms with E-state index in [-0.39, 0.29) is 23.4 Å². The molecule has 0 bridgehead atoms. The molecule has 3 heterocycles. The third-order valence-electron chi connectivity index (χ3n) is 7.06. The number of hydrogen-bond acceptors (Lipinski definition) is 6. The number of aromatic amines is 1. The van der Waals surface area contributed by atoms with Gasteiger partial charge in [0.05, 0.1) is 17.0 Å². The lowest BCUT2D eigenvalue weighted by Crippen LogP contribution is -2.34. The van der Waals surface area contributed by atoms with Gasteiger partial charge in [-0.3, -0.25) is 25.0 Å². The SMILES string of the molecule is O=C(Nc1nccs1)c1nc(-c2ccc(CCC34C=CC=CC3C(=O)NC4=O)cc2)[nH]c1-c1ccc(Cl)cc1. The topological polar surface area (TPSA) is 117 Å². The highest BCUT2D eigenvalue weighted by Crippen LogP contribution is 2.42. The van der Waals surface area contributed by atoms with Crippen molar-refractivity contribution in [3.8, 4) is 22.6 Å². The van der Waals surface area contributed by atoms with Gasteiger partial charge in [-0.1, -0.05) is 72.3 Å². The summed E-state index contributed by atoms with van der Waals surface area (Å²) in [5, 5.41) is 8.13. The average molecular weight is 556 g/mol. The van der Waals surface area contributed by atoms with Gasteiger partial charge in [0, 0.05) is 27.7 Å². The number of anilines is 1. The molecule has 0 radical (unpaired) electrons. The summed E-state index contributed by atoms with van der Waals surface area (Å²) in [6.07, 6.45) is 10.0. The monoisotopic (exact) mass is 555 g/mol. The van der Waals surface area contributed by atoms with Crippen molar-refractivity contribution in [2.75, 3.05) is 5.32 Å². The van der Waals surface area contributed by atoms with Gasteiger partial charge in [0.25, 0.3) is 5.91 Å². The van der Waals surface area contributed by atoms with Crippen LogP contribution >= 0.6 is 22.9 Å². The summed E-state index contributed by atoms with van der Waals surface area (Å²) in [5.74, 6) is -0.807. The van der Waals surface area contributed by atoms with E-state index in [2.05, 4.69) is 25.6 Å². The Kier molecular flexibility index (Phi) is 6.46. The minimum atomic E-state index is -0.849. The van der Waals surface area contributed by atoms with E-state index in [0.29, 0.717) is 34.5 Å². The number of nitrogens with zero attached hydrogens (tertiary/aromatic N) is 2. The first-order chi connectivity index (χ1) is 18.9. The minimum absolute atomic E-state index is 0.241. The summed E-state index contributed by atoms with van der Waals surface area (Å²) in [4.78, 5) is 50.1. The fourth-order valence-electron chi connectivity index (χ4n) is 5.00.